The number of carboxylic acids is 1. The van der Waals surface area contributed by atoms with Crippen LogP contribution >= 0.6 is 0 Å². The molecule has 0 fully saturated rings. The number of ether oxygens (including phenoxy) is 1. The number of benzene rings is 1. The molecule has 3 N–H and O–H groups in total. The van der Waals surface area contributed by atoms with Gasteiger partial charge in [-0.25, -0.2) is 16.8 Å². The predicted molar refractivity (Wildman–Crippen MR) is 92.7 cm³/mol. The lowest BCUT2D eigenvalue weighted by molar-refractivity contribution is -0.140. The molecular formula is C14H22N2O7S2. The Morgan fingerprint density at radius 1 is 1.24 bits per heavy atom. The summed E-state index contributed by atoms with van der Waals surface area (Å²) >= 11 is 0. The highest BCUT2D eigenvalue weighted by Crippen LogP contribution is 2.28. The largest absolute Gasteiger partial charge is 0.495 e. The first-order chi connectivity index (χ1) is 11.4. The molecular weight excluding hydrogens is 372 g/mol. The second kappa shape index (κ2) is 8.02. The van der Waals surface area contributed by atoms with Gasteiger partial charge in [-0.05, 0) is 25.0 Å². The van der Waals surface area contributed by atoms with Gasteiger partial charge in [-0.2, -0.15) is 4.72 Å². The van der Waals surface area contributed by atoms with Crippen molar-refractivity contribution in [3.63, 3.8) is 0 Å². The fourth-order valence-corrected chi connectivity index (χ4v) is 4.03. The van der Waals surface area contributed by atoms with Gasteiger partial charge < -0.3 is 9.84 Å². The smallest absolute Gasteiger partial charge is 0.322 e. The van der Waals surface area contributed by atoms with Gasteiger partial charge in [-0.3, -0.25) is 9.52 Å². The van der Waals surface area contributed by atoms with Crippen LogP contribution in [0.15, 0.2) is 23.1 Å². The molecule has 0 aliphatic rings. The second-order valence-electron chi connectivity index (χ2n) is 5.55. The van der Waals surface area contributed by atoms with Crippen LogP contribution in [0.25, 0.3) is 0 Å². The van der Waals surface area contributed by atoms with Crippen LogP contribution < -0.4 is 14.2 Å². The van der Waals surface area contributed by atoms with E-state index in [4.69, 9.17) is 9.84 Å². The maximum absolute atomic E-state index is 12.5. The lowest BCUT2D eigenvalue weighted by Gasteiger charge is -2.19. The van der Waals surface area contributed by atoms with Crippen molar-refractivity contribution in [3.05, 3.63) is 18.2 Å². The minimum absolute atomic E-state index is 0.114. The molecule has 1 atom stereocenters. The van der Waals surface area contributed by atoms with E-state index in [2.05, 4.69) is 9.44 Å². The van der Waals surface area contributed by atoms with E-state index in [1.54, 1.807) is 13.8 Å². The molecule has 0 saturated carbocycles. The highest BCUT2D eigenvalue weighted by molar-refractivity contribution is 7.92. The van der Waals surface area contributed by atoms with Crippen molar-refractivity contribution in [1.82, 2.24) is 4.72 Å². The maximum Gasteiger partial charge on any atom is 0.322 e. The molecule has 1 rings (SSSR count). The summed E-state index contributed by atoms with van der Waals surface area (Å²) in [5, 5.41) is 9.14. The standard InChI is InChI=1S/C14H22N2O7S2/c1-5-24(19,20)15-10-6-7-12(11(8-10)23-4)25(21,22)16-13(9(2)3)14(17)18/h6-9,13,15-16H,5H2,1-4H3,(H,17,18)/t13-/m1/s1. The first-order valence-corrected chi connectivity index (χ1v) is 10.5. The van der Waals surface area contributed by atoms with Crippen molar-refractivity contribution in [3.8, 4) is 5.75 Å². The third-order valence-electron chi connectivity index (χ3n) is 3.32. The monoisotopic (exact) mass is 394 g/mol. The van der Waals surface area contributed by atoms with Gasteiger partial charge >= 0.3 is 5.97 Å². The summed E-state index contributed by atoms with van der Waals surface area (Å²) in [4.78, 5) is 10.9. The molecule has 0 unspecified atom stereocenters. The molecule has 0 radical (unpaired) electrons. The molecule has 1 aromatic rings. The van der Waals surface area contributed by atoms with Crippen LogP contribution in [-0.2, 0) is 24.8 Å². The zero-order chi connectivity index (χ0) is 19.4. The van der Waals surface area contributed by atoms with Crippen molar-refractivity contribution in [2.75, 3.05) is 17.6 Å². The van der Waals surface area contributed by atoms with E-state index in [9.17, 15) is 21.6 Å². The van der Waals surface area contributed by atoms with Crippen LogP contribution in [0.4, 0.5) is 5.69 Å². The van der Waals surface area contributed by atoms with E-state index >= 15 is 0 Å². The molecule has 9 nitrogen and oxygen atoms in total. The Kier molecular flexibility index (Phi) is 6.80. The Labute approximate surface area is 147 Å². The van der Waals surface area contributed by atoms with Crippen molar-refractivity contribution >= 4 is 31.7 Å². The molecule has 1 aromatic carbocycles. The van der Waals surface area contributed by atoms with E-state index in [1.807, 2.05) is 0 Å². The summed E-state index contributed by atoms with van der Waals surface area (Å²) in [6, 6.07) is 2.31. The van der Waals surface area contributed by atoms with Crippen LogP contribution in [0.1, 0.15) is 20.8 Å². The summed E-state index contributed by atoms with van der Waals surface area (Å²) in [5.41, 5.74) is 0.135. The predicted octanol–water partition coefficient (Wildman–Crippen LogP) is 0.844. The molecule has 0 aliphatic carbocycles. The summed E-state index contributed by atoms with van der Waals surface area (Å²) < 4.78 is 57.6. The van der Waals surface area contributed by atoms with E-state index < -0.39 is 38.0 Å². The van der Waals surface area contributed by atoms with Crippen molar-refractivity contribution < 1.29 is 31.5 Å². The SMILES string of the molecule is CCS(=O)(=O)Nc1ccc(S(=O)(=O)N[C@@H](C(=O)O)C(C)C)c(OC)c1. The summed E-state index contributed by atoms with van der Waals surface area (Å²) in [6.45, 7) is 4.60. The van der Waals surface area contributed by atoms with Gasteiger partial charge in [-0.15, -0.1) is 0 Å². The third-order valence-corrected chi connectivity index (χ3v) is 6.11. The fraction of sp³-hybridized carbons (Fsp3) is 0.500. The Balaban J connectivity index is 3.26. The minimum Gasteiger partial charge on any atom is -0.495 e. The Morgan fingerprint density at radius 2 is 1.84 bits per heavy atom. The van der Waals surface area contributed by atoms with E-state index in [0.717, 1.165) is 6.07 Å². The van der Waals surface area contributed by atoms with Gasteiger partial charge in [-0.1, -0.05) is 13.8 Å². The normalized spacial score (nSPS) is 13.5. The number of aliphatic carboxylic acids is 1. The minimum atomic E-state index is -4.19. The number of hydrogen-bond acceptors (Lipinski definition) is 6. The van der Waals surface area contributed by atoms with Gasteiger partial charge in [0.1, 0.15) is 16.7 Å². The van der Waals surface area contributed by atoms with Crippen molar-refractivity contribution in [2.45, 2.75) is 31.7 Å². The second-order valence-corrected chi connectivity index (χ2v) is 9.25. The molecule has 0 amide bonds. The molecule has 0 spiro atoms. The Bertz CT molecular complexity index is 833. The number of anilines is 1. The fourth-order valence-electron chi connectivity index (χ4n) is 1.91. The van der Waals surface area contributed by atoms with Crippen molar-refractivity contribution in [2.24, 2.45) is 5.92 Å². The molecule has 0 aliphatic heterocycles. The number of rotatable bonds is 9. The zero-order valence-corrected chi connectivity index (χ0v) is 15.9. The van der Waals surface area contributed by atoms with Crippen LogP contribution in [0.5, 0.6) is 5.75 Å². The molecule has 0 saturated heterocycles. The quantitative estimate of drug-likeness (QED) is 0.564. The van der Waals surface area contributed by atoms with Crippen LogP contribution in [0.3, 0.4) is 0 Å². The summed E-state index contributed by atoms with van der Waals surface area (Å²) in [5.74, 6) is -2.04. The van der Waals surface area contributed by atoms with Crippen LogP contribution in [0.2, 0.25) is 0 Å². The van der Waals surface area contributed by atoms with Gasteiger partial charge in [0.2, 0.25) is 20.0 Å². The van der Waals surface area contributed by atoms with E-state index in [1.165, 1.54) is 26.2 Å². The Hall–Kier alpha value is -1.85. The first kappa shape index (κ1) is 21.2. The topological polar surface area (TPSA) is 139 Å². The zero-order valence-electron chi connectivity index (χ0n) is 14.3. The third kappa shape index (κ3) is 5.58. The number of methoxy groups -OCH3 is 1. The lowest BCUT2D eigenvalue weighted by Crippen LogP contribution is -2.44. The van der Waals surface area contributed by atoms with Gasteiger partial charge in [0.25, 0.3) is 0 Å². The van der Waals surface area contributed by atoms with Crippen LogP contribution in [0, 0.1) is 5.92 Å². The highest BCUT2D eigenvalue weighted by atomic mass is 32.2. The maximum atomic E-state index is 12.5. The van der Waals surface area contributed by atoms with Gasteiger partial charge in [0, 0.05) is 6.07 Å². The molecule has 142 valence electrons. The van der Waals surface area contributed by atoms with Crippen LogP contribution in [-0.4, -0.2) is 46.8 Å². The number of carboxylic acid groups (broad SMARTS) is 1. The summed E-state index contributed by atoms with van der Waals surface area (Å²) in [7, 11) is -6.50. The lowest BCUT2D eigenvalue weighted by atomic mass is 10.1. The highest BCUT2D eigenvalue weighted by Gasteiger charge is 2.30. The van der Waals surface area contributed by atoms with Crippen molar-refractivity contribution in [1.29, 1.82) is 0 Å². The first-order valence-electron chi connectivity index (χ1n) is 7.37. The molecule has 11 heteroatoms. The summed E-state index contributed by atoms with van der Waals surface area (Å²) in [6.07, 6.45) is 0. The molecule has 0 bridgehead atoms. The van der Waals surface area contributed by atoms with Gasteiger partial charge in [0.05, 0.1) is 18.6 Å². The van der Waals surface area contributed by atoms with E-state index in [-0.39, 0.29) is 22.1 Å². The average molecular weight is 394 g/mol. The number of nitrogens with one attached hydrogen (secondary N) is 2. The number of sulfonamides is 2. The molecule has 25 heavy (non-hydrogen) atoms. The average Bonchev–Trinajstić information content (AvgIpc) is 2.51. The number of hydrogen-bond donors (Lipinski definition) is 3. The Morgan fingerprint density at radius 3 is 2.28 bits per heavy atom. The molecule has 0 aromatic heterocycles. The number of carbonyl (C=O) groups is 1. The van der Waals surface area contributed by atoms with Gasteiger partial charge in [0.15, 0.2) is 0 Å². The van der Waals surface area contributed by atoms with E-state index in [0.29, 0.717) is 0 Å². The molecule has 0 heterocycles.